The van der Waals surface area contributed by atoms with Gasteiger partial charge in [-0.3, -0.25) is 0 Å². The summed E-state index contributed by atoms with van der Waals surface area (Å²) in [7, 11) is 0. The van der Waals surface area contributed by atoms with Gasteiger partial charge in [0.05, 0.1) is 6.61 Å². The summed E-state index contributed by atoms with van der Waals surface area (Å²) in [5.41, 5.74) is 4.03. The van der Waals surface area contributed by atoms with E-state index >= 15 is 0 Å². The van der Waals surface area contributed by atoms with Crippen molar-refractivity contribution in [1.82, 2.24) is 0 Å². The molecule has 0 spiro atoms. The molecule has 0 aliphatic heterocycles. The van der Waals surface area contributed by atoms with Crippen LogP contribution in [0, 0.1) is 0 Å². The fourth-order valence-corrected chi connectivity index (χ4v) is 1.82. The number of rotatable bonds is 2. The van der Waals surface area contributed by atoms with E-state index in [1.165, 1.54) is 16.7 Å². The fraction of sp³-hybridized carbons (Fsp3) is 0.333. The van der Waals surface area contributed by atoms with Crippen LogP contribution in [-0.2, 0) is 11.5 Å². The van der Waals surface area contributed by atoms with Gasteiger partial charge in [0.15, 0.2) is 0 Å². The molecule has 1 heteroatoms. The van der Waals surface area contributed by atoms with Crippen LogP contribution in [0.4, 0.5) is 0 Å². The zero-order valence-corrected chi connectivity index (χ0v) is 7.62. The molecule has 67 valence electrons. The lowest BCUT2D eigenvalue weighted by molar-refractivity contribution is 0.196. The fourth-order valence-electron chi connectivity index (χ4n) is 1.82. The molecule has 0 bridgehead atoms. The average Bonchev–Trinajstić information content (AvgIpc) is 2.18. The zero-order valence-electron chi connectivity index (χ0n) is 7.62. The quantitative estimate of drug-likeness (QED) is 0.655. The summed E-state index contributed by atoms with van der Waals surface area (Å²) >= 11 is 0. The van der Waals surface area contributed by atoms with Crippen LogP contribution >= 0.6 is 0 Å². The Labute approximate surface area is 78.7 Å². The second-order valence-corrected chi connectivity index (χ2v) is 3.46. The molecule has 0 saturated carbocycles. The molecule has 0 amide bonds. The minimum absolute atomic E-state index is 0.0218. The molecule has 0 aromatic heterocycles. The standard InChI is InChI=1S/C12H13O/c13-8-7-10-5-6-11-3-1-2-4-12(11)9-10/h1-4,9H,5-8H2. The highest BCUT2D eigenvalue weighted by Gasteiger charge is 2.08. The molecule has 0 unspecified atom stereocenters. The molecule has 1 aliphatic carbocycles. The van der Waals surface area contributed by atoms with Crippen LogP contribution in [0.2, 0.25) is 0 Å². The predicted octanol–water partition coefficient (Wildman–Crippen LogP) is 2.84. The lowest BCUT2D eigenvalue weighted by Gasteiger charge is -2.15. The molecular weight excluding hydrogens is 160 g/mol. The third-order valence-corrected chi connectivity index (χ3v) is 2.55. The van der Waals surface area contributed by atoms with E-state index in [0.717, 1.165) is 12.8 Å². The number of hydrogen-bond acceptors (Lipinski definition) is 0. The van der Waals surface area contributed by atoms with Gasteiger partial charge in [0.1, 0.15) is 0 Å². The summed E-state index contributed by atoms with van der Waals surface area (Å²) in [6, 6.07) is 8.42. The lowest BCUT2D eigenvalue weighted by atomic mass is 9.91. The van der Waals surface area contributed by atoms with Gasteiger partial charge in [-0.15, -0.1) is 0 Å². The van der Waals surface area contributed by atoms with E-state index < -0.39 is 0 Å². The zero-order chi connectivity index (χ0) is 9.10. The molecular formula is C12H13O. The van der Waals surface area contributed by atoms with Crippen LogP contribution in [0.3, 0.4) is 0 Å². The largest absolute Gasteiger partial charge is 0.236 e. The predicted molar refractivity (Wildman–Crippen MR) is 52.9 cm³/mol. The molecule has 1 nitrogen and oxygen atoms in total. The lowest BCUT2D eigenvalue weighted by Crippen LogP contribution is -1.99. The summed E-state index contributed by atoms with van der Waals surface area (Å²) < 4.78 is 0. The van der Waals surface area contributed by atoms with Crippen LogP contribution < -0.4 is 0 Å². The van der Waals surface area contributed by atoms with Crippen LogP contribution in [0.25, 0.3) is 6.08 Å². The van der Waals surface area contributed by atoms with Crippen LogP contribution in [0.5, 0.6) is 0 Å². The van der Waals surface area contributed by atoms with E-state index in [9.17, 15) is 5.11 Å². The maximum atomic E-state index is 10.5. The Balaban J connectivity index is 2.28. The van der Waals surface area contributed by atoms with E-state index in [4.69, 9.17) is 0 Å². The van der Waals surface area contributed by atoms with Crippen molar-refractivity contribution < 1.29 is 5.11 Å². The molecule has 0 N–H and O–H groups in total. The topological polar surface area (TPSA) is 19.9 Å². The van der Waals surface area contributed by atoms with Gasteiger partial charge in [0.25, 0.3) is 0 Å². The molecule has 0 atom stereocenters. The van der Waals surface area contributed by atoms with Gasteiger partial charge in [-0.1, -0.05) is 35.9 Å². The van der Waals surface area contributed by atoms with Gasteiger partial charge < -0.3 is 0 Å². The first kappa shape index (κ1) is 8.52. The maximum Gasteiger partial charge on any atom is 0.0859 e. The Morgan fingerprint density at radius 2 is 2.00 bits per heavy atom. The van der Waals surface area contributed by atoms with Crippen molar-refractivity contribution >= 4 is 6.08 Å². The van der Waals surface area contributed by atoms with E-state index in [1.54, 1.807) is 0 Å². The highest BCUT2D eigenvalue weighted by Crippen LogP contribution is 2.24. The molecule has 1 aliphatic rings. The second-order valence-electron chi connectivity index (χ2n) is 3.46. The minimum Gasteiger partial charge on any atom is -0.236 e. The van der Waals surface area contributed by atoms with Crippen molar-refractivity contribution in [3.8, 4) is 0 Å². The molecule has 0 saturated heterocycles. The smallest absolute Gasteiger partial charge is 0.0859 e. The molecule has 13 heavy (non-hydrogen) atoms. The van der Waals surface area contributed by atoms with Crippen LogP contribution in [-0.4, -0.2) is 6.61 Å². The first-order valence-corrected chi connectivity index (χ1v) is 4.75. The van der Waals surface area contributed by atoms with Gasteiger partial charge in [-0.2, -0.15) is 0 Å². The van der Waals surface area contributed by atoms with E-state index in [1.807, 2.05) is 0 Å². The number of hydrogen-bond donors (Lipinski definition) is 0. The van der Waals surface area contributed by atoms with Gasteiger partial charge in [0.2, 0.25) is 0 Å². The Morgan fingerprint density at radius 3 is 2.85 bits per heavy atom. The summed E-state index contributed by atoms with van der Waals surface area (Å²) in [4.78, 5) is 0. The highest BCUT2D eigenvalue weighted by molar-refractivity contribution is 5.59. The van der Waals surface area contributed by atoms with Gasteiger partial charge >= 0.3 is 0 Å². The Bertz CT molecular complexity index is 326. The summed E-state index contributed by atoms with van der Waals surface area (Å²) in [6.07, 6.45) is 5.06. The first-order chi connectivity index (χ1) is 6.40. The summed E-state index contributed by atoms with van der Waals surface area (Å²) in [5, 5.41) is 10.5. The van der Waals surface area contributed by atoms with E-state index in [2.05, 4.69) is 30.3 Å². The molecule has 0 fully saturated rings. The van der Waals surface area contributed by atoms with Crippen molar-refractivity contribution in [3.05, 3.63) is 41.0 Å². The molecule has 1 radical (unpaired) electrons. The van der Waals surface area contributed by atoms with Crippen molar-refractivity contribution in [2.75, 3.05) is 6.61 Å². The monoisotopic (exact) mass is 173 g/mol. The molecule has 1 aromatic rings. The van der Waals surface area contributed by atoms with Crippen molar-refractivity contribution in [3.63, 3.8) is 0 Å². The van der Waals surface area contributed by atoms with Crippen LogP contribution in [0.15, 0.2) is 29.8 Å². The average molecular weight is 173 g/mol. The first-order valence-electron chi connectivity index (χ1n) is 4.75. The third-order valence-electron chi connectivity index (χ3n) is 2.55. The Hall–Kier alpha value is -1.08. The van der Waals surface area contributed by atoms with Crippen molar-refractivity contribution in [2.45, 2.75) is 19.3 Å². The summed E-state index contributed by atoms with van der Waals surface area (Å²) in [5.74, 6) is 0. The Morgan fingerprint density at radius 1 is 1.15 bits per heavy atom. The van der Waals surface area contributed by atoms with Crippen LogP contribution in [0.1, 0.15) is 24.0 Å². The summed E-state index contributed by atoms with van der Waals surface area (Å²) in [6.45, 7) is 0.0218. The maximum absolute atomic E-state index is 10.5. The number of fused-ring (bicyclic) bond motifs is 1. The number of benzene rings is 1. The van der Waals surface area contributed by atoms with Gasteiger partial charge in [-0.25, -0.2) is 5.11 Å². The normalized spacial score (nSPS) is 15.0. The van der Waals surface area contributed by atoms with E-state index in [-0.39, 0.29) is 6.61 Å². The molecule has 0 heterocycles. The second kappa shape index (κ2) is 3.75. The van der Waals surface area contributed by atoms with Gasteiger partial charge in [-0.05, 0) is 30.4 Å². The third kappa shape index (κ3) is 1.81. The van der Waals surface area contributed by atoms with Crippen molar-refractivity contribution in [1.29, 1.82) is 0 Å². The highest BCUT2D eigenvalue weighted by atomic mass is 16.2. The van der Waals surface area contributed by atoms with E-state index in [0.29, 0.717) is 6.42 Å². The Kier molecular flexibility index (Phi) is 2.46. The molecule has 1 aromatic carbocycles. The molecule has 2 rings (SSSR count). The van der Waals surface area contributed by atoms with Crippen molar-refractivity contribution in [2.24, 2.45) is 0 Å². The number of aryl methyl sites for hydroxylation is 1. The minimum atomic E-state index is 0.0218. The SMILES string of the molecule is [O]CCC1=Cc2ccccc2CC1. The van der Waals surface area contributed by atoms with Gasteiger partial charge in [0, 0.05) is 0 Å².